The predicted molar refractivity (Wildman–Crippen MR) is 74.6 cm³/mol. The first-order chi connectivity index (χ1) is 7.54. The van der Waals surface area contributed by atoms with Gasteiger partial charge in [-0.25, -0.2) is 0 Å². The van der Waals surface area contributed by atoms with E-state index in [1.807, 2.05) is 12.1 Å². The molecule has 0 aliphatic carbocycles. The molecule has 0 saturated heterocycles. The Kier molecular flexibility index (Phi) is 5.98. The molecule has 0 aliphatic rings. The smallest absolute Gasteiger partial charge is 0.0542 e. The van der Waals surface area contributed by atoms with Crippen molar-refractivity contribution in [1.82, 2.24) is 0 Å². The van der Waals surface area contributed by atoms with Crippen LogP contribution in [-0.2, 0) is 0 Å². The van der Waals surface area contributed by atoms with Crippen molar-refractivity contribution >= 4 is 35.0 Å². The molecule has 0 bridgehead atoms. The van der Waals surface area contributed by atoms with E-state index in [1.54, 1.807) is 17.8 Å². The topological polar surface area (TPSA) is 26.0 Å². The highest BCUT2D eigenvalue weighted by Gasteiger charge is 2.12. The first kappa shape index (κ1) is 14.2. The van der Waals surface area contributed by atoms with Crippen LogP contribution in [0.1, 0.15) is 20.3 Å². The van der Waals surface area contributed by atoms with E-state index < -0.39 is 0 Å². The van der Waals surface area contributed by atoms with Gasteiger partial charge in [0.2, 0.25) is 0 Å². The molecule has 16 heavy (non-hydrogen) atoms. The minimum absolute atomic E-state index is 0.199. The molecule has 0 heterocycles. The molecule has 0 radical (unpaired) electrons. The number of thioether (sulfide) groups is 1. The Morgan fingerprint density at radius 2 is 2.06 bits per heavy atom. The van der Waals surface area contributed by atoms with Crippen LogP contribution in [0.25, 0.3) is 0 Å². The van der Waals surface area contributed by atoms with Crippen molar-refractivity contribution in [2.24, 2.45) is 11.7 Å². The lowest BCUT2D eigenvalue weighted by Gasteiger charge is -2.17. The van der Waals surface area contributed by atoms with E-state index in [0.29, 0.717) is 10.9 Å². The fourth-order valence-electron chi connectivity index (χ4n) is 1.24. The van der Waals surface area contributed by atoms with Crippen molar-refractivity contribution in [3.63, 3.8) is 0 Å². The Morgan fingerprint density at radius 3 is 2.69 bits per heavy atom. The van der Waals surface area contributed by atoms with Crippen LogP contribution in [-0.4, -0.2) is 11.8 Å². The van der Waals surface area contributed by atoms with Crippen LogP contribution in [0.2, 0.25) is 10.0 Å². The van der Waals surface area contributed by atoms with Gasteiger partial charge in [-0.1, -0.05) is 43.5 Å². The molecule has 0 aliphatic heterocycles. The second kappa shape index (κ2) is 6.75. The van der Waals surface area contributed by atoms with Crippen LogP contribution >= 0.6 is 35.0 Å². The molecule has 1 aromatic carbocycles. The zero-order valence-corrected chi connectivity index (χ0v) is 11.9. The van der Waals surface area contributed by atoms with Gasteiger partial charge in [0.15, 0.2) is 0 Å². The zero-order chi connectivity index (χ0) is 12.1. The normalized spacial score (nSPS) is 14.8. The number of benzene rings is 1. The Hall–Kier alpha value is 0.110. The van der Waals surface area contributed by atoms with Crippen molar-refractivity contribution in [2.45, 2.75) is 31.2 Å². The summed E-state index contributed by atoms with van der Waals surface area (Å²) >= 11 is 13.7. The number of hydrogen-bond acceptors (Lipinski definition) is 2. The number of halogens is 2. The first-order valence-electron chi connectivity index (χ1n) is 5.38. The number of rotatable bonds is 5. The third-order valence-electron chi connectivity index (χ3n) is 2.70. The standard InChI is InChI=1S/C12H17Cl2NS/c1-3-8(2)11(15)7-16-12-6-9(13)4-5-10(12)14/h4-6,8,11H,3,7,15H2,1-2H3. The fraction of sp³-hybridized carbons (Fsp3) is 0.500. The largest absolute Gasteiger partial charge is 0.327 e. The van der Waals surface area contributed by atoms with Gasteiger partial charge >= 0.3 is 0 Å². The zero-order valence-electron chi connectivity index (χ0n) is 9.54. The highest BCUT2D eigenvalue weighted by atomic mass is 35.5. The van der Waals surface area contributed by atoms with Crippen LogP contribution in [0, 0.1) is 5.92 Å². The molecule has 0 fully saturated rings. The maximum atomic E-state index is 6.07. The molecule has 0 spiro atoms. The van der Waals surface area contributed by atoms with Crippen LogP contribution in [0.5, 0.6) is 0 Å². The van der Waals surface area contributed by atoms with Gasteiger partial charge in [-0.3, -0.25) is 0 Å². The maximum absolute atomic E-state index is 6.07. The summed E-state index contributed by atoms with van der Waals surface area (Å²) in [5.41, 5.74) is 6.07. The van der Waals surface area contributed by atoms with Gasteiger partial charge in [-0.15, -0.1) is 11.8 Å². The van der Waals surface area contributed by atoms with E-state index in [0.717, 1.165) is 22.1 Å². The Balaban J connectivity index is 2.57. The van der Waals surface area contributed by atoms with Crippen molar-refractivity contribution in [3.05, 3.63) is 28.2 Å². The molecule has 2 atom stereocenters. The molecule has 0 saturated carbocycles. The molecule has 1 aromatic rings. The second-order valence-electron chi connectivity index (χ2n) is 3.94. The molecular weight excluding hydrogens is 261 g/mol. The van der Waals surface area contributed by atoms with Gasteiger partial charge in [0.25, 0.3) is 0 Å². The van der Waals surface area contributed by atoms with E-state index in [2.05, 4.69) is 13.8 Å². The lowest BCUT2D eigenvalue weighted by molar-refractivity contribution is 0.475. The summed E-state index contributed by atoms with van der Waals surface area (Å²) in [5, 5.41) is 1.45. The Labute approximate surface area is 112 Å². The van der Waals surface area contributed by atoms with Gasteiger partial charge in [-0.2, -0.15) is 0 Å². The summed E-state index contributed by atoms with van der Waals surface area (Å²) < 4.78 is 0. The first-order valence-corrected chi connectivity index (χ1v) is 7.12. The lowest BCUT2D eigenvalue weighted by atomic mass is 10.0. The summed E-state index contributed by atoms with van der Waals surface area (Å²) in [6, 6.07) is 5.70. The highest BCUT2D eigenvalue weighted by Crippen LogP contribution is 2.30. The van der Waals surface area contributed by atoms with Gasteiger partial charge < -0.3 is 5.73 Å². The summed E-state index contributed by atoms with van der Waals surface area (Å²) in [7, 11) is 0. The third kappa shape index (κ3) is 4.17. The molecule has 1 nitrogen and oxygen atoms in total. The predicted octanol–water partition coefficient (Wildman–Crippen LogP) is 4.46. The molecule has 1 rings (SSSR count). The Morgan fingerprint density at radius 1 is 1.38 bits per heavy atom. The quantitative estimate of drug-likeness (QED) is 0.805. The minimum Gasteiger partial charge on any atom is -0.327 e. The van der Waals surface area contributed by atoms with Crippen molar-refractivity contribution in [1.29, 1.82) is 0 Å². The average Bonchev–Trinajstić information content (AvgIpc) is 2.28. The summed E-state index contributed by atoms with van der Waals surface area (Å²) in [6.45, 7) is 4.33. The Bertz CT molecular complexity index is 344. The fourth-order valence-corrected chi connectivity index (χ4v) is 2.88. The van der Waals surface area contributed by atoms with E-state index in [1.165, 1.54) is 0 Å². The van der Waals surface area contributed by atoms with Crippen molar-refractivity contribution in [2.75, 3.05) is 5.75 Å². The second-order valence-corrected chi connectivity index (χ2v) is 5.84. The van der Waals surface area contributed by atoms with Crippen LogP contribution in [0.3, 0.4) is 0 Å². The molecule has 2 unspecified atom stereocenters. The van der Waals surface area contributed by atoms with E-state index in [9.17, 15) is 0 Å². The molecule has 90 valence electrons. The van der Waals surface area contributed by atoms with Crippen LogP contribution in [0.4, 0.5) is 0 Å². The van der Waals surface area contributed by atoms with E-state index in [-0.39, 0.29) is 6.04 Å². The summed E-state index contributed by atoms with van der Waals surface area (Å²) in [6.07, 6.45) is 1.10. The number of hydrogen-bond donors (Lipinski definition) is 1. The minimum atomic E-state index is 0.199. The maximum Gasteiger partial charge on any atom is 0.0542 e. The van der Waals surface area contributed by atoms with Gasteiger partial charge in [-0.05, 0) is 24.1 Å². The van der Waals surface area contributed by atoms with Crippen molar-refractivity contribution < 1.29 is 0 Å². The van der Waals surface area contributed by atoms with Crippen LogP contribution in [0.15, 0.2) is 23.1 Å². The monoisotopic (exact) mass is 277 g/mol. The van der Waals surface area contributed by atoms with Crippen LogP contribution < -0.4 is 5.73 Å². The lowest BCUT2D eigenvalue weighted by Crippen LogP contribution is -2.30. The molecule has 0 amide bonds. The summed E-state index contributed by atoms with van der Waals surface area (Å²) in [4.78, 5) is 1.01. The van der Waals surface area contributed by atoms with Gasteiger partial charge in [0.1, 0.15) is 0 Å². The van der Waals surface area contributed by atoms with Crippen molar-refractivity contribution in [3.8, 4) is 0 Å². The van der Waals surface area contributed by atoms with Gasteiger partial charge in [0.05, 0.1) is 5.02 Å². The molecule has 2 N–H and O–H groups in total. The van der Waals surface area contributed by atoms with Gasteiger partial charge in [0, 0.05) is 21.7 Å². The summed E-state index contributed by atoms with van der Waals surface area (Å²) in [5.74, 6) is 1.40. The SMILES string of the molecule is CCC(C)C(N)CSc1cc(Cl)ccc1Cl. The van der Waals surface area contributed by atoms with E-state index >= 15 is 0 Å². The third-order valence-corrected chi connectivity index (χ3v) is 4.58. The molecular formula is C12H17Cl2NS. The average molecular weight is 278 g/mol. The number of nitrogens with two attached hydrogens (primary N) is 1. The molecule has 0 aromatic heterocycles. The van der Waals surface area contributed by atoms with E-state index in [4.69, 9.17) is 28.9 Å². The molecule has 4 heteroatoms. The highest BCUT2D eigenvalue weighted by molar-refractivity contribution is 7.99.